The molecule has 0 spiro atoms. The fourth-order valence-corrected chi connectivity index (χ4v) is 3.52. The van der Waals surface area contributed by atoms with Crippen LogP contribution in [0.5, 0.6) is 0 Å². The lowest BCUT2D eigenvalue weighted by Crippen LogP contribution is -2.40. The topological polar surface area (TPSA) is 18.5 Å². The zero-order valence-corrected chi connectivity index (χ0v) is 10.0. The van der Waals surface area contributed by atoms with E-state index in [1.54, 1.807) is 7.11 Å². The maximum absolute atomic E-state index is 5.89. The molecule has 0 aromatic carbocycles. The second-order valence-electron chi connectivity index (χ2n) is 3.42. The molecule has 2 nitrogen and oxygen atoms in total. The van der Waals surface area contributed by atoms with Gasteiger partial charge in [0, 0.05) is 13.2 Å². The highest BCUT2D eigenvalue weighted by Gasteiger charge is 2.30. The van der Waals surface area contributed by atoms with E-state index < -0.39 is 8.56 Å². The van der Waals surface area contributed by atoms with Crippen LogP contribution in [0.3, 0.4) is 0 Å². The molecule has 0 aromatic rings. The molecule has 0 bridgehead atoms. The van der Waals surface area contributed by atoms with Gasteiger partial charge in [-0.15, -0.1) is 0 Å². The van der Waals surface area contributed by atoms with E-state index in [0.717, 1.165) is 18.9 Å². The van der Waals surface area contributed by atoms with Crippen LogP contribution in [0.1, 0.15) is 33.6 Å². The van der Waals surface area contributed by atoms with Gasteiger partial charge < -0.3 is 8.85 Å². The number of rotatable bonds is 6. The van der Waals surface area contributed by atoms with Crippen molar-refractivity contribution >= 4 is 8.56 Å². The van der Waals surface area contributed by atoms with Crippen LogP contribution in [0.4, 0.5) is 0 Å². The molecular formula is C9H22O2Si. The molecule has 0 N–H and O–H groups in total. The van der Waals surface area contributed by atoms with Gasteiger partial charge in [0.25, 0.3) is 0 Å². The molecule has 0 rings (SSSR count). The van der Waals surface area contributed by atoms with Gasteiger partial charge in [-0.2, -0.15) is 0 Å². The van der Waals surface area contributed by atoms with E-state index in [2.05, 4.69) is 27.3 Å². The smallest absolute Gasteiger partial charge is 0.334 e. The van der Waals surface area contributed by atoms with Crippen LogP contribution < -0.4 is 0 Å². The lowest BCUT2D eigenvalue weighted by molar-refractivity contribution is 0.142. The molecular weight excluding hydrogens is 168 g/mol. The summed E-state index contributed by atoms with van der Waals surface area (Å²) < 4.78 is 11.4. The molecule has 2 unspecified atom stereocenters. The quantitative estimate of drug-likeness (QED) is 0.600. The minimum Gasteiger partial charge on any atom is -0.398 e. The third-order valence-corrected chi connectivity index (χ3v) is 5.33. The molecule has 0 aliphatic carbocycles. The molecule has 0 heterocycles. The summed E-state index contributed by atoms with van der Waals surface area (Å²) in [5, 5.41) is 0. The van der Waals surface area contributed by atoms with Gasteiger partial charge in [-0.05, 0) is 25.9 Å². The Morgan fingerprint density at radius 2 is 1.92 bits per heavy atom. The summed E-state index contributed by atoms with van der Waals surface area (Å²) in [6.45, 7) is 8.56. The number of hydrogen-bond donors (Lipinski definition) is 0. The summed E-state index contributed by atoms with van der Waals surface area (Å²) in [7, 11) is -0.0393. The Morgan fingerprint density at radius 1 is 1.33 bits per heavy atom. The van der Waals surface area contributed by atoms with Crippen molar-refractivity contribution in [2.75, 3.05) is 7.11 Å². The molecule has 0 fully saturated rings. The van der Waals surface area contributed by atoms with E-state index in [-0.39, 0.29) is 0 Å². The van der Waals surface area contributed by atoms with Crippen molar-refractivity contribution < 1.29 is 8.85 Å². The third kappa shape index (κ3) is 4.23. The Kier molecular flexibility index (Phi) is 5.79. The van der Waals surface area contributed by atoms with Gasteiger partial charge in [0.15, 0.2) is 0 Å². The Labute approximate surface area is 77.5 Å². The second-order valence-corrected chi connectivity index (χ2v) is 6.84. The molecule has 0 amide bonds. The Bertz CT molecular complexity index is 119. The van der Waals surface area contributed by atoms with Crippen molar-refractivity contribution in [3.05, 3.63) is 0 Å². The first-order valence-electron chi connectivity index (χ1n) is 4.81. The van der Waals surface area contributed by atoms with E-state index in [4.69, 9.17) is 8.85 Å². The van der Waals surface area contributed by atoms with E-state index in [1.807, 2.05) is 0 Å². The summed E-state index contributed by atoms with van der Waals surface area (Å²) in [6, 6.07) is 1.09. The first-order valence-corrected chi connectivity index (χ1v) is 7.33. The van der Waals surface area contributed by atoms with Crippen molar-refractivity contribution in [2.45, 2.75) is 52.3 Å². The highest BCUT2D eigenvalue weighted by Crippen LogP contribution is 2.17. The molecule has 74 valence electrons. The molecule has 0 aromatic heterocycles. The summed E-state index contributed by atoms with van der Waals surface area (Å²) in [4.78, 5) is 0. The Morgan fingerprint density at radius 3 is 2.25 bits per heavy atom. The van der Waals surface area contributed by atoms with Crippen molar-refractivity contribution in [3.63, 3.8) is 0 Å². The molecule has 0 radical (unpaired) electrons. The largest absolute Gasteiger partial charge is 0.398 e. The Balaban J connectivity index is 3.94. The third-order valence-electron chi connectivity index (χ3n) is 2.16. The predicted octanol–water partition coefficient (Wildman–Crippen LogP) is 2.93. The average Bonchev–Trinajstić information content (AvgIpc) is 2.05. The molecule has 0 saturated carbocycles. The molecule has 0 saturated heterocycles. The first-order chi connectivity index (χ1) is 5.58. The number of hydrogen-bond acceptors (Lipinski definition) is 2. The highest BCUT2D eigenvalue weighted by atomic mass is 28.4. The predicted molar refractivity (Wildman–Crippen MR) is 54.6 cm³/mol. The molecule has 2 atom stereocenters. The summed E-state index contributed by atoms with van der Waals surface area (Å²) in [5.74, 6) is 0. The van der Waals surface area contributed by atoms with Gasteiger partial charge >= 0.3 is 8.56 Å². The van der Waals surface area contributed by atoms with Crippen LogP contribution in [0.15, 0.2) is 0 Å². The van der Waals surface area contributed by atoms with Gasteiger partial charge in [-0.3, -0.25) is 0 Å². The van der Waals surface area contributed by atoms with Gasteiger partial charge in [0.2, 0.25) is 0 Å². The van der Waals surface area contributed by atoms with E-state index in [9.17, 15) is 0 Å². The maximum atomic E-state index is 5.89. The Hall–Kier alpha value is 0.137. The maximum Gasteiger partial charge on any atom is 0.334 e. The molecule has 0 aliphatic rings. The van der Waals surface area contributed by atoms with Crippen molar-refractivity contribution in [3.8, 4) is 0 Å². The molecule has 3 heteroatoms. The van der Waals surface area contributed by atoms with Gasteiger partial charge in [0.05, 0.1) is 0 Å². The van der Waals surface area contributed by atoms with Crippen LogP contribution in [-0.4, -0.2) is 21.8 Å². The van der Waals surface area contributed by atoms with E-state index in [0.29, 0.717) is 6.10 Å². The SMILES string of the molecule is CCC[Si](C)(OC)OC(C)CC. The van der Waals surface area contributed by atoms with Crippen molar-refractivity contribution in [1.29, 1.82) is 0 Å². The summed E-state index contributed by atoms with van der Waals surface area (Å²) >= 11 is 0. The van der Waals surface area contributed by atoms with Crippen molar-refractivity contribution in [2.24, 2.45) is 0 Å². The fraction of sp³-hybridized carbons (Fsp3) is 1.00. The minimum absolute atomic E-state index is 0.341. The van der Waals surface area contributed by atoms with Crippen molar-refractivity contribution in [1.82, 2.24) is 0 Å². The van der Waals surface area contributed by atoms with Gasteiger partial charge in [-0.1, -0.05) is 20.3 Å². The lowest BCUT2D eigenvalue weighted by atomic mass is 10.3. The van der Waals surface area contributed by atoms with E-state index in [1.165, 1.54) is 0 Å². The van der Waals surface area contributed by atoms with Gasteiger partial charge in [0.1, 0.15) is 0 Å². The standard InChI is InChI=1S/C9H22O2Si/c1-6-8-12(5,10-4)11-9(3)7-2/h9H,6-8H2,1-5H3. The molecule has 0 aliphatic heterocycles. The monoisotopic (exact) mass is 190 g/mol. The zero-order chi connectivity index (χ0) is 9.61. The van der Waals surface area contributed by atoms with Crippen LogP contribution in [-0.2, 0) is 8.85 Å². The van der Waals surface area contributed by atoms with Crippen LogP contribution in [0.2, 0.25) is 12.6 Å². The summed E-state index contributed by atoms with van der Waals surface area (Å²) in [5.41, 5.74) is 0. The fourth-order valence-electron chi connectivity index (χ4n) is 1.17. The second kappa shape index (κ2) is 5.73. The average molecular weight is 190 g/mol. The van der Waals surface area contributed by atoms with Crippen LogP contribution in [0, 0.1) is 0 Å². The molecule has 12 heavy (non-hydrogen) atoms. The van der Waals surface area contributed by atoms with Gasteiger partial charge in [-0.25, -0.2) is 0 Å². The highest BCUT2D eigenvalue weighted by molar-refractivity contribution is 6.66. The summed E-state index contributed by atoms with van der Waals surface area (Å²) in [6.07, 6.45) is 2.55. The normalized spacial score (nSPS) is 18.8. The van der Waals surface area contributed by atoms with Crippen LogP contribution in [0.25, 0.3) is 0 Å². The van der Waals surface area contributed by atoms with E-state index >= 15 is 0 Å². The zero-order valence-electron chi connectivity index (χ0n) is 9.02. The van der Waals surface area contributed by atoms with Crippen LogP contribution >= 0.6 is 0 Å². The minimum atomic E-state index is -1.81. The first kappa shape index (κ1) is 12.1. The lowest BCUT2D eigenvalue weighted by Gasteiger charge is -2.28.